The number of pyridine rings is 1. The number of anilines is 1. The first-order valence-corrected chi connectivity index (χ1v) is 7.81. The van der Waals surface area contributed by atoms with E-state index in [9.17, 15) is 9.18 Å². The average molecular weight is 340 g/mol. The van der Waals surface area contributed by atoms with Crippen LogP contribution < -0.4 is 5.32 Å². The lowest BCUT2D eigenvalue weighted by molar-refractivity contribution is 0.0526. The van der Waals surface area contributed by atoms with E-state index >= 15 is 0 Å². The van der Waals surface area contributed by atoms with Crippen LogP contribution in [-0.4, -0.2) is 27.1 Å². The SMILES string of the molecule is CCOC(=O)c1ccc(NCc2ccc(-n3ccnc3)c(F)c2)nc1. The van der Waals surface area contributed by atoms with Gasteiger partial charge in [-0.2, -0.15) is 0 Å². The maximum absolute atomic E-state index is 14.2. The van der Waals surface area contributed by atoms with Gasteiger partial charge in [-0.3, -0.25) is 0 Å². The molecule has 3 rings (SSSR count). The van der Waals surface area contributed by atoms with E-state index in [2.05, 4.69) is 15.3 Å². The zero-order valence-corrected chi connectivity index (χ0v) is 13.6. The highest BCUT2D eigenvalue weighted by molar-refractivity contribution is 5.89. The number of nitrogens with zero attached hydrogens (tertiary/aromatic N) is 3. The zero-order chi connectivity index (χ0) is 17.6. The first kappa shape index (κ1) is 16.6. The molecular weight excluding hydrogens is 323 g/mol. The van der Waals surface area contributed by atoms with E-state index in [1.54, 1.807) is 48.4 Å². The Hall–Kier alpha value is -3.22. The number of ether oxygens (including phenoxy) is 1. The Labute approximate surface area is 144 Å². The van der Waals surface area contributed by atoms with Gasteiger partial charge in [0, 0.05) is 25.1 Å². The number of nitrogens with one attached hydrogen (secondary N) is 1. The number of halogens is 1. The van der Waals surface area contributed by atoms with E-state index in [1.807, 2.05) is 6.07 Å². The number of hydrogen-bond acceptors (Lipinski definition) is 5. The number of carbonyl (C=O) groups is 1. The third kappa shape index (κ3) is 4.00. The smallest absolute Gasteiger partial charge is 0.339 e. The van der Waals surface area contributed by atoms with Crippen molar-refractivity contribution in [1.29, 1.82) is 0 Å². The van der Waals surface area contributed by atoms with Gasteiger partial charge in [0.15, 0.2) is 0 Å². The quantitative estimate of drug-likeness (QED) is 0.698. The fourth-order valence-electron chi connectivity index (χ4n) is 2.30. The van der Waals surface area contributed by atoms with Crippen molar-refractivity contribution in [3.8, 4) is 5.69 Å². The number of aromatic nitrogens is 3. The molecule has 0 radical (unpaired) electrons. The van der Waals surface area contributed by atoms with Crippen LogP contribution in [0.1, 0.15) is 22.8 Å². The minimum Gasteiger partial charge on any atom is -0.462 e. The average Bonchev–Trinajstić information content (AvgIpc) is 3.15. The van der Waals surface area contributed by atoms with Crippen LogP contribution in [0.25, 0.3) is 5.69 Å². The number of benzene rings is 1. The standard InChI is InChI=1S/C18H17FN4O2/c1-2-25-18(24)14-4-6-17(22-11-14)21-10-13-3-5-16(15(19)9-13)23-8-7-20-12-23/h3-9,11-12H,2,10H2,1H3,(H,21,22). The van der Waals surface area contributed by atoms with Crippen molar-refractivity contribution in [3.05, 3.63) is 72.2 Å². The Kier molecular flexibility index (Phi) is 5.03. The summed E-state index contributed by atoms with van der Waals surface area (Å²) in [4.78, 5) is 19.6. The summed E-state index contributed by atoms with van der Waals surface area (Å²) in [7, 11) is 0. The first-order chi connectivity index (χ1) is 12.2. The second kappa shape index (κ2) is 7.57. The predicted molar refractivity (Wildman–Crippen MR) is 91.0 cm³/mol. The van der Waals surface area contributed by atoms with E-state index in [0.29, 0.717) is 30.2 Å². The van der Waals surface area contributed by atoms with Gasteiger partial charge in [0.2, 0.25) is 0 Å². The van der Waals surface area contributed by atoms with Crippen molar-refractivity contribution >= 4 is 11.8 Å². The summed E-state index contributed by atoms with van der Waals surface area (Å²) in [5.41, 5.74) is 1.61. The summed E-state index contributed by atoms with van der Waals surface area (Å²) >= 11 is 0. The molecule has 2 aromatic heterocycles. The summed E-state index contributed by atoms with van der Waals surface area (Å²) in [6.07, 6.45) is 6.28. The highest BCUT2D eigenvalue weighted by Crippen LogP contribution is 2.16. The Morgan fingerprint density at radius 2 is 2.20 bits per heavy atom. The summed E-state index contributed by atoms with van der Waals surface area (Å²) in [5, 5.41) is 3.09. The summed E-state index contributed by atoms with van der Waals surface area (Å²) < 4.78 is 20.7. The molecular formula is C18H17FN4O2. The van der Waals surface area contributed by atoms with E-state index in [-0.39, 0.29) is 5.82 Å². The van der Waals surface area contributed by atoms with Crippen molar-refractivity contribution < 1.29 is 13.9 Å². The summed E-state index contributed by atoms with van der Waals surface area (Å²) in [6.45, 7) is 2.48. The fraction of sp³-hybridized carbons (Fsp3) is 0.167. The van der Waals surface area contributed by atoms with Gasteiger partial charge in [0.1, 0.15) is 11.6 Å². The van der Waals surface area contributed by atoms with Crippen molar-refractivity contribution in [3.63, 3.8) is 0 Å². The first-order valence-electron chi connectivity index (χ1n) is 7.81. The van der Waals surface area contributed by atoms with E-state index in [0.717, 1.165) is 5.56 Å². The van der Waals surface area contributed by atoms with Crippen molar-refractivity contribution in [2.45, 2.75) is 13.5 Å². The van der Waals surface area contributed by atoms with Gasteiger partial charge >= 0.3 is 5.97 Å². The summed E-state index contributed by atoms with van der Waals surface area (Å²) in [5.74, 6) is -0.145. The maximum Gasteiger partial charge on any atom is 0.339 e. The van der Waals surface area contributed by atoms with Crippen LogP contribution in [0, 0.1) is 5.82 Å². The lowest BCUT2D eigenvalue weighted by Gasteiger charge is -2.09. The molecule has 0 aliphatic rings. The number of esters is 1. The van der Waals surface area contributed by atoms with E-state index in [1.165, 1.54) is 12.3 Å². The maximum atomic E-state index is 14.2. The minimum absolute atomic E-state index is 0.319. The largest absolute Gasteiger partial charge is 0.462 e. The highest BCUT2D eigenvalue weighted by atomic mass is 19.1. The van der Waals surface area contributed by atoms with Gasteiger partial charge in [-0.05, 0) is 36.8 Å². The molecule has 2 heterocycles. The van der Waals surface area contributed by atoms with Crippen LogP contribution in [0.4, 0.5) is 10.2 Å². The number of carbonyl (C=O) groups excluding carboxylic acids is 1. The molecule has 0 spiro atoms. The molecule has 0 fully saturated rings. The molecule has 3 aromatic rings. The number of rotatable bonds is 6. The number of imidazole rings is 1. The second-order valence-corrected chi connectivity index (χ2v) is 5.26. The molecule has 128 valence electrons. The Morgan fingerprint density at radius 1 is 1.32 bits per heavy atom. The second-order valence-electron chi connectivity index (χ2n) is 5.26. The minimum atomic E-state index is -0.404. The van der Waals surface area contributed by atoms with Crippen molar-refractivity contribution in [2.24, 2.45) is 0 Å². The van der Waals surface area contributed by atoms with Crippen molar-refractivity contribution in [1.82, 2.24) is 14.5 Å². The molecule has 0 aliphatic carbocycles. The van der Waals surface area contributed by atoms with Crippen LogP contribution in [0.2, 0.25) is 0 Å². The van der Waals surface area contributed by atoms with Crippen LogP contribution >= 0.6 is 0 Å². The van der Waals surface area contributed by atoms with Crippen LogP contribution in [0.5, 0.6) is 0 Å². The summed E-state index contributed by atoms with van der Waals surface area (Å²) in [6, 6.07) is 8.32. The molecule has 0 saturated heterocycles. The van der Waals surface area contributed by atoms with Gasteiger partial charge < -0.3 is 14.6 Å². The molecule has 1 aromatic carbocycles. The van der Waals surface area contributed by atoms with Gasteiger partial charge in [0.05, 0.1) is 24.2 Å². The van der Waals surface area contributed by atoms with Crippen LogP contribution in [0.15, 0.2) is 55.2 Å². The lowest BCUT2D eigenvalue weighted by Crippen LogP contribution is -2.07. The Morgan fingerprint density at radius 3 is 2.84 bits per heavy atom. The molecule has 0 saturated carbocycles. The molecule has 0 bridgehead atoms. The molecule has 0 unspecified atom stereocenters. The number of hydrogen-bond donors (Lipinski definition) is 1. The molecule has 0 amide bonds. The third-order valence-electron chi connectivity index (χ3n) is 3.54. The predicted octanol–water partition coefficient (Wildman–Crippen LogP) is 3.20. The molecule has 0 atom stereocenters. The molecule has 1 N–H and O–H groups in total. The zero-order valence-electron chi connectivity index (χ0n) is 13.6. The molecule has 0 aliphatic heterocycles. The molecule has 25 heavy (non-hydrogen) atoms. The molecule has 7 heteroatoms. The Balaban J connectivity index is 1.64. The van der Waals surface area contributed by atoms with Gasteiger partial charge in [0.25, 0.3) is 0 Å². The monoisotopic (exact) mass is 340 g/mol. The van der Waals surface area contributed by atoms with Gasteiger partial charge in [-0.25, -0.2) is 19.2 Å². The normalized spacial score (nSPS) is 10.5. The third-order valence-corrected chi connectivity index (χ3v) is 3.54. The van der Waals surface area contributed by atoms with Crippen LogP contribution in [0.3, 0.4) is 0 Å². The van der Waals surface area contributed by atoms with Gasteiger partial charge in [-0.1, -0.05) is 6.07 Å². The van der Waals surface area contributed by atoms with E-state index in [4.69, 9.17) is 4.74 Å². The van der Waals surface area contributed by atoms with Crippen LogP contribution in [-0.2, 0) is 11.3 Å². The molecule has 6 nitrogen and oxygen atoms in total. The van der Waals surface area contributed by atoms with Gasteiger partial charge in [-0.15, -0.1) is 0 Å². The van der Waals surface area contributed by atoms with Crippen molar-refractivity contribution in [2.75, 3.05) is 11.9 Å². The highest BCUT2D eigenvalue weighted by Gasteiger charge is 2.08. The Bertz CT molecular complexity index is 848. The lowest BCUT2D eigenvalue weighted by atomic mass is 10.2. The topological polar surface area (TPSA) is 69.0 Å². The van der Waals surface area contributed by atoms with E-state index < -0.39 is 5.97 Å². The fourth-order valence-corrected chi connectivity index (χ4v) is 2.30.